The molecule has 0 spiro atoms. The van der Waals surface area contributed by atoms with Crippen LogP contribution in [0.1, 0.15) is 50.1 Å². The highest BCUT2D eigenvalue weighted by molar-refractivity contribution is 5.88. The van der Waals surface area contributed by atoms with Gasteiger partial charge in [-0.15, -0.1) is 0 Å². The first-order valence-electron chi connectivity index (χ1n) is 7.00. The lowest BCUT2D eigenvalue weighted by Crippen LogP contribution is -2.29. The molecule has 0 unspecified atom stereocenters. The predicted molar refractivity (Wildman–Crippen MR) is 73.1 cm³/mol. The second-order valence-electron chi connectivity index (χ2n) is 5.00. The number of aromatic amines is 1. The number of nitrogens with one attached hydrogen (secondary N) is 3. The number of anilines is 1. The third kappa shape index (κ3) is 4.24. The summed E-state index contributed by atoms with van der Waals surface area (Å²) in [5, 5.41) is 21.2. The number of carbonyl (C=O) groups is 1. The molecular weight excluding hydrogens is 244 g/mol. The van der Waals surface area contributed by atoms with Gasteiger partial charge in [-0.1, -0.05) is 12.8 Å². The summed E-state index contributed by atoms with van der Waals surface area (Å²) in [6.45, 7) is 0.727. The number of rotatable bonds is 6. The molecule has 19 heavy (non-hydrogen) atoms. The number of aromatic nitrogens is 2. The number of H-pyrrole nitrogens is 1. The molecule has 1 aromatic heterocycles. The maximum Gasteiger partial charge on any atom is 0.320 e. The van der Waals surface area contributed by atoms with Crippen LogP contribution < -0.4 is 10.6 Å². The van der Waals surface area contributed by atoms with E-state index < -0.39 is 0 Å². The number of aliphatic hydroxyl groups is 1. The molecule has 1 heterocycles. The first kappa shape index (κ1) is 13.9. The highest BCUT2D eigenvalue weighted by atomic mass is 16.3. The molecule has 2 amide bonds. The SMILES string of the molecule is O=C(NCCCCO)Nc1cc(C2CCCC2)n[nH]1. The number of unbranched alkanes of at least 4 members (excludes halogenated alkanes) is 1. The number of hydrogen-bond donors (Lipinski definition) is 4. The lowest BCUT2D eigenvalue weighted by molar-refractivity contribution is 0.250. The Kier molecular flexibility index (Phi) is 5.20. The third-order valence-electron chi connectivity index (χ3n) is 3.49. The Labute approximate surface area is 113 Å². The first-order valence-corrected chi connectivity index (χ1v) is 7.00. The van der Waals surface area contributed by atoms with Crippen LogP contribution in [-0.2, 0) is 0 Å². The fourth-order valence-corrected chi connectivity index (χ4v) is 2.44. The average Bonchev–Trinajstić information content (AvgIpc) is 3.04. The van der Waals surface area contributed by atoms with Gasteiger partial charge in [-0.2, -0.15) is 5.10 Å². The summed E-state index contributed by atoms with van der Waals surface area (Å²) in [7, 11) is 0. The molecule has 0 aromatic carbocycles. The van der Waals surface area contributed by atoms with E-state index in [2.05, 4.69) is 20.8 Å². The lowest BCUT2D eigenvalue weighted by atomic mass is 10.0. The van der Waals surface area contributed by atoms with Crippen LogP contribution in [0.15, 0.2) is 6.07 Å². The third-order valence-corrected chi connectivity index (χ3v) is 3.49. The van der Waals surface area contributed by atoms with Gasteiger partial charge in [0.1, 0.15) is 5.82 Å². The second kappa shape index (κ2) is 7.13. The van der Waals surface area contributed by atoms with Gasteiger partial charge in [-0.3, -0.25) is 10.4 Å². The molecule has 6 nitrogen and oxygen atoms in total. The van der Waals surface area contributed by atoms with E-state index in [1.807, 2.05) is 6.07 Å². The van der Waals surface area contributed by atoms with Gasteiger partial charge in [0.05, 0.1) is 5.69 Å². The van der Waals surface area contributed by atoms with E-state index in [-0.39, 0.29) is 12.6 Å². The Morgan fingerprint density at radius 3 is 2.95 bits per heavy atom. The maximum atomic E-state index is 11.6. The van der Waals surface area contributed by atoms with E-state index in [0.29, 0.717) is 24.7 Å². The van der Waals surface area contributed by atoms with Crippen molar-refractivity contribution in [3.8, 4) is 0 Å². The van der Waals surface area contributed by atoms with Gasteiger partial charge in [0, 0.05) is 25.1 Å². The van der Waals surface area contributed by atoms with Crippen LogP contribution in [0.5, 0.6) is 0 Å². The minimum Gasteiger partial charge on any atom is -0.396 e. The summed E-state index contributed by atoms with van der Waals surface area (Å²) in [4.78, 5) is 11.6. The molecule has 106 valence electrons. The van der Waals surface area contributed by atoms with Crippen LogP contribution >= 0.6 is 0 Å². The second-order valence-corrected chi connectivity index (χ2v) is 5.00. The molecular formula is C13H22N4O2. The Morgan fingerprint density at radius 1 is 1.42 bits per heavy atom. The van der Waals surface area contributed by atoms with Crippen molar-refractivity contribution >= 4 is 11.8 Å². The molecule has 6 heteroatoms. The molecule has 1 aromatic rings. The van der Waals surface area contributed by atoms with Gasteiger partial charge in [-0.25, -0.2) is 4.79 Å². The number of nitrogens with zero attached hydrogens (tertiary/aromatic N) is 1. The summed E-state index contributed by atoms with van der Waals surface area (Å²) in [5.74, 6) is 1.18. The van der Waals surface area contributed by atoms with Gasteiger partial charge in [0.15, 0.2) is 0 Å². The molecule has 0 aliphatic heterocycles. The van der Waals surface area contributed by atoms with Gasteiger partial charge in [0.2, 0.25) is 0 Å². The van der Waals surface area contributed by atoms with Crippen molar-refractivity contribution in [1.82, 2.24) is 15.5 Å². The molecule has 1 saturated carbocycles. The Hall–Kier alpha value is -1.56. The Balaban J connectivity index is 1.74. The van der Waals surface area contributed by atoms with Gasteiger partial charge in [0.25, 0.3) is 0 Å². The largest absolute Gasteiger partial charge is 0.396 e. The maximum absolute atomic E-state index is 11.6. The van der Waals surface area contributed by atoms with E-state index in [4.69, 9.17) is 5.11 Å². The summed E-state index contributed by atoms with van der Waals surface area (Å²) in [5.41, 5.74) is 1.05. The Bertz CT molecular complexity index is 399. The van der Waals surface area contributed by atoms with Crippen LogP contribution in [0.4, 0.5) is 10.6 Å². The highest BCUT2D eigenvalue weighted by Crippen LogP contribution is 2.33. The molecule has 1 aliphatic rings. The monoisotopic (exact) mass is 266 g/mol. The zero-order valence-electron chi connectivity index (χ0n) is 11.1. The van der Waals surface area contributed by atoms with Gasteiger partial charge < -0.3 is 10.4 Å². The van der Waals surface area contributed by atoms with E-state index in [1.165, 1.54) is 25.7 Å². The minimum absolute atomic E-state index is 0.161. The van der Waals surface area contributed by atoms with Crippen LogP contribution in [0.2, 0.25) is 0 Å². The smallest absolute Gasteiger partial charge is 0.320 e. The minimum atomic E-state index is -0.237. The van der Waals surface area contributed by atoms with Crippen molar-refractivity contribution in [3.05, 3.63) is 11.8 Å². The number of amides is 2. The summed E-state index contributed by atoms with van der Waals surface area (Å²) in [6, 6.07) is 1.68. The molecule has 0 radical (unpaired) electrons. The number of hydrogen-bond acceptors (Lipinski definition) is 3. The average molecular weight is 266 g/mol. The van der Waals surface area contributed by atoms with Crippen molar-refractivity contribution in [1.29, 1.82) is 0 Å². The van der Waals surface area contributed by atoms with Crippen molar-refractivity contribution in [2.75, 3.05) is 18.5 Å². The van der Waals surface area contributed by atoms with E-state index in [1.54, 1.807) is 0 Å². The zero-order valence-corrected chi connectivity index (χ0v) is 11.1. The first-order chi connectivity index (χ1) is 9.29. The van der Waals surface area contributed by atoms with E-state index >= 15 is 0 Å². The summed E-state index contributed by atoms with van der Waals surface area (Å²) in [6.07, 6.45) is 6.41. The fourth-order valence-electron chi connectivity index (χ4n) is 2.44. The zero-order chi connectivity index (χ0) is 13.5. The predicted octanol–water partition coefficient (Wildman–Crippen LogP) is 1.96. The topological polar surface area (TPSA) is 90.0 Å². The number of aliphatic hydroxyl groups excluding tert-OH is 1. The molecule has 0 atom stereocenters. The van der Waals surface area contributed by atoms with Crippen molar-refractivity contribution in [3.63, 3.8) is 0 Å². The van der Waals surface area contributed by atoms with Gasteiger partial charge in [-0.05, 0) is 25.7 Å². The van der Waals surface area contributed by atoms with Crippen molar-refractivity contribution in [2.24, 2.45) is 0 Å². The Morgan fingerprint density at radius 2 is 2.21 bits per heavy atom. The number of urea groups is 1. The van der Waals surface area contributed by atoms with E-state index in [9.17, 15) is 4.79 Å². The normalized spacial score (nSPS) is 15.6. The van der Waals surface area contributed by atoms with Crippen molar-refractivity contribution < 1.29 is 9.90 Å². The summed E-state index contributed by atoms with van der Waals surface area (Å²) < 4.78 is 0. The lowest BCUT2D eigenvalue weighted by Gasteiger charge is -2.05. The standard InChI is InChI=1S/C13H22N4O2/c18-8-4-3-7-14-13(19)15-12-9-11(16-17-12)10-5-1-2-6-10/h9-10,18H,1-8H2,(H3,14,15,16,17,19). The van der Waals surface area contributed by atoms with Crippen LogP contribution in [0.25, 0.3) is 0 Å². The molecule has 1 aliphatic carbocycles. The molecule has 1 fully saturated rings. The van der Waals surface area contributed by atoms with Crippen molar-refractivity contribution in [2.45, 2.75) is 44.4 Å². The van der Waals surface area contributed by atoms with Crippen LogP contribution in [-0.4, -0.2) is 34.5 Å². The highest BCUT2D eigenvalue weighted by Gasteiger charge is 2.19. The fraction of sp³-hybridized carbons (Fsp3) is 0.692. The van der Waals surface area contributed by atoms with Crippen LogP contribution in [0, 0.1) is 0 Å². The molecule has 0 bridgehead atoms. The molecule has 2 rings (SSSR count). The van der Waals surface area contributed by atoms with Gasteiger partial charge >= 0.3 is 6.03 Å². The molecule has 4 N–H and O–H groups in total. The van der Waals surface area contributed by atoms with E-state index in [0.717, 1.165) is 12.1 Å². The molecule has 0 saturated heterocycles. The summed E-state index contributed by atoms with van der Waals surface area (Å²) >= 11 is 0. The quantitative estimate of drug-likeness (QED) is 0.593. The van der Waals surface area contributed by atoms with Crippen LogP contribution in [0.3, 0.4) is 0 Å². The number of carbonyl (C=O) groups excluding carboxylic acids is 1.